The molecular weight excluding hydrogens is 192 g/mol. The van der Waals surface area contributed by atoms with Crippen molar-refractivity contribution in [2.45, 2.75) is 44.8 Å². The molecule has 0 heterocycles. The Labute approximate surface area is 91.4 Å². The number of hydrogen-bond donors (Lipinski definition) is 3. The average molecular weight is 214 g/mol. The molecular formula is C11H22N2O2. The number of nitrogens with one attached hydrogen (secondary N) is 2. The van der Waals surface area contributed by atoms with Crippen LogP contribution in [0.5, 0.6) is 0 Å². The van der Waals surface area contributed by atoms with Gasteiger partial charge in [-0.3, -0.25) is 4.79 Å². The lowest BCUT2D eigenvalue weighted by molar-refractivity contribution is -0.125. The summed E-state index contributed by atoms with van der Waals surface area (Å²) in [6.07, 6.45) is 3.05. The van der Waals surface area contributed by atoms with Gasteiger partial charge in [-0.2, -0.15) is 0 Å². The minimum atomic E-state index is -0.712. The van der Waals surface area contributed by atoms with E-state index >= 15 is 0 Å². The maximum atomic E-state index is 11.5. The zero-order valence-corrected chi connectivity index (χ0v) is 9.84. The zero-order valence-electron chi connectivity index (χ0n) is 9.84. The van der Waals surface area contributed by atoms with Crippen LogP contribution in [0.25, 0.3) is 0 Å². The van der Waals surface area contributed by atoms with Gasteiger partial charge in [-0.25, -0.2) is 0 Å². The molecule has 1 saturated carbocycles. The normalized spacial score (nSPS) is 26.7. The molecule has 88 valence electrons. The molecule has 1 aliphatic carbocycles. The molecule has 0 bridgehead atoms. The van der Waals surface area contributed by atoms with Gasteiger partial charge in [-0.1, -0.05) is 6.42 Å². The first-order chi connectivity index (χ1) is 6.94. The monoisotopic (exact) mass is 214 g/mol. The number of aliphatic hydroxyl groups is 1. The average Bonchev–Trinajstić information content (AvgIpc) is 2.60. The number of hydrogen-bond acceptors (Lipinski definition) is 3. The summed E-state index contributed by atoms with van der Waals surface area (Å²) >= 11 is 0. The largest absolute Gasteiger partial charge is 0.389 e. The van der Waals surface area contributed by atoms with Crippen molar-refractivity contribution in [3.05, 3.63) is 0 Å². The molecule has 15 heavy (non-hydrogen) atoms. The molecule has 1 rings (SSSR count). The molecule has 4 heteroatoms. The Morgan fingerprint density at radius 2 is 2.13 bits per heavy atom. The predicted molar refractivity (Wildman–Crippen MR) is 59.5 cm³/mol. The van der Waals surface area contributed by atoms with E-state index < -0.39 is 5.60 Å². The van der Waals surface area contributed by atoms with Crippen LogP contribution in [-0.2, 0) is 4.79 Å². The van der Waals surface area contributed by atoms with Crippen molar-refractivity contribution in [2.24, 2.45) is 5.92 Å². The zero-order chi connectivity index (χ0) is 11.5. The summed E-state index contributed by atoms with van der Waals surface area (Å²) in [5, 5.41) is 15.6. The third-order valence-electron chi connectivity index (χ3n) is 2.90. The minimum Gasteiger partial charge on any atom is -0.389 e. The van der Waals surface area contributed by atoms with Crippen LogP contribution in [0.2, 0.25) is 0 Å². The first-order valence-electron chi connectivity index (χ1n) is 5.61. The Bertz CT molecular complexity index is 223. The van der Waals surface area contributed by atoms with Gasteiger partial charge < -0.3 is 15.7 Å². The predicted octanol–water partition coefficient (Wildman–Crippen LogP) is 0.262. The first-order valence-corrected chi connectivity index (χ1v) is 5.61. The Balaban J connectivity index is 2.43. The van der Waals surface area contributed by atoms with Crippen LogP contribution in [0.15, 0.2) is 0 Å². The van der Waals surface area contributed by atoms with Gasteiger partial charge in [0.05, 0.1) is 11.5 Å². The molecule has 4 nitrogen and oxygen atoms in total. The number of carbonyl (C=O) groups excluding carboxylic acids is 1. The van der Waals surface area contributed by atoms with E-state index in [1.165, 1.54) is 0 Å². The fourth-order valence-corrected chi connectivity index (χ4v) is 2.08. The van der Waals surface area contributed by atoms with Crippen molar-refractivity contribution in [1.82, 2.24) is 10.6 Å². The van der Waals surface area contributed by atoms with Gasteiger partial charge in [0.1, 0.15) is 0 Å². The molecule has 0 radical (unpaired) electrons. The standard InChI is InChI=1S/C11H22N2O2/c1-11(2,15)7-13-9-6-4-5-8(9)10(14)12-3/h8-9,13,15H,4-7H2,1-3H3,(H,12,14). The third-order valence-corrected chi connectivity index (χ3v) is 2.90. The maximum Gasteiger partial charge on any atom is 0.224 e. The van der Waals surface area contributed by atoms with E-state index in [0.29, 0.717) is 6.54 Å². The highest BCUT2D eigenvalue weighted by Crippen LogP contribution is 2.25. The van der Waals surface area contributed by atoms with Crippen molar-refractivity contribution >= 4 is 5.91 Å². The van der Waals surface area contributed by atoms with Crippen LogP contribution >= 0.6 is 0 Å². The highest BCUT2D eigenvalue weighted by molar-refractivity contribution is 5.79. The van der Waals surface area contributed by atoms with E-state index in [1.54, 1.807) is 20.9 Å². The highest BCUT2D eigenvalue weighted by Gasteiger charge is 2.32. The summed E-state index contributed by atoms with van der Waals surface area (Å²) in [5.74, 6) is 0.179. The Kier molecular flexibility index (Phi) is 4.11. The summed E-state index contributed by atoms with van der Waals surface area (Å²) in [5.41, 5.74) is -0.712. The van der Waals surface area contributed by atoms with Crippen molar-refractivity contribution in [3.8, 4) is 0 Å². The van der Waals surface area contributed by atoms with Gasteiger partial charge in [0, 0.05) is 19.6 Å². The summed E-state index contributed by atoms with van der Waals surface area (Å²) < 4.78 is 0. The van der Waals surface area contributed by atoms with Gasteiger partial charge in [-0.15, -0.1) is 0 Å². The van der Waals surface area contributed by atoms with Gasteiger partial charge >= 0.3 is 0 Å². The van der Waals surface area contributed by atoms with E-state index in [4.69, 9.17) is 0 Å². The van der Waals surface area contributed by atoms with Crippen molar-refractivity contribution in [2.75, 3.05) is 13.6 Å². The SMILES string of the molecule is CNC(=O)C1CCCC1NCC(C)(C)O. The van der Waals surface area contributed by atoms with Gasteiger partial charge in [0.25, 0.3) is 0 Å². The molecule has 2 unspecified atom stereocenters. The van der Waals surface area contributed by atoms with Gasteiger partial charge in [0.2, 0.25) is 5.91 Å². The fourth-order valence-electron chi connectivity index (χ4n) is 2.08. The number of amides is 1. The van der Waals surface area contributed by atoms with Gasteiger partial charge in [-0.05, 0) is 26.7 Å². The Hall–Kier alpha value is -0.610. The summed E-state index contributed by atoms with van der Waals surface area (Å²) in [4.78, 5) is 11.5. The van der Waals surface area contributed by atoms with Crippen LogP contribution in [-0.4, -0.2) is 36.2 Å². The molecule has 3 N–H and O–H groups in total. The van der Waals surface area contributed by atoms with Crippen molar-refractivity contribution in [3.63, 3.8) is 0 Å². The second-order valence-corrected chi connectivity index (χ2v) is 4.95. The highest BCUT2D eigenvalue weighted by atomic mass is 16.3. The molecule has 1 fully saturated rings. The topological polar surface area (TPSA) is 61.4 Å². The molecule has 1 aliphatic rings. The lowest BCUT2D eigenvalue weighted by Crippen LogP contribution is -2.45. The molecule has 0 aliphatic heterocycles. The second-order valence-electron chi connectivity index (χ2n) is 4.95. The van der Waals surface area contributed by atoms with E-state index in [0.717, 1.165) is 19.3 Å². The molecule has 2 atom stereocenters. The van der Waals surface area contributed by atoms with E-state index in [2.05, 4.69) is 10.6 Å². The first kappa shape index (κ1) is 12.5. The molecule has 0 saturated heterocycles. The number of carbonyl (C=O) groups is 1. The molecule has 0 aromatic rings. The Morgan fingerprint density at radius 3 is 2.67 bits per heavy atom. The summed E-state index contributed by atoms with van der Waals surface area (Å²) in [6.45, 7) is 4.07. The van der Waals surface area contributed by atoms with Gasteiger partial charge in [0.15, 0.2) is 0 Å². The van der Waals surface area contributed by atoms with Crippen LogP contribution in [0, 0.1) is 5.92 Å². The summed E-state index contributed by atoms with van der Waals surface area (Å²) in [7, 11) is 1.67. The maximum absolute atomic E-state index is 11.5. The van der Waals surface area contributed by atoms with E-state index in [1.807, 2.05) is 0 Å². The quantitative estimate of drug-likeness (QED) is 0.629. The number of rotatable bonds is 4. The molecule has 0 aromatic heterocycles. The molecule has 1 amide bonds. The van der Waals surface area contributed by atoms with E-state index in [9.17, 15) is 9.90 Å². The van der Waals surface area contributed by atoms with Crippen molar-refractivity contribution < 1.29 is 9.90 Å². The molecule has 0 spiro atoms. The van der Waals surface area contributed by atoms with Crippen LogP contribution in [0.4, 0.5) is 0 Å². The van der Waals surface area contributed by atoms with Crippen LogP contribution in [0.3, 0.4) is 0 Å². The summed E-state index contributed by atoms with van der Waals surface area (Å²) in [6, 6.07) is 0.219. The van der Waals surface area contributed by atoms with E-state index in [-0.39, 0.29) is 17.9 Å². The molecule has 0 aromatic carbocycles. The smallest absolute Gasteiger partial charge is 0.224 e. The third kappa shape index (κ3) is 3.80. The fraction of sp³-hybridized carbons (Fsp3) is 0.909. The second kappa shape index (κ2) is 4.94. The minimum absolute atomic E-state index is 0.0670. The van der Waals surface area contributed by atoms with Crippen LogP contribution < -0.4 is 10.6 Å². The van der Waals surface area contributed by atoms with Crippen LogP contribution in [0.1, 0.15) is 33.1 Å². The lowest BCUT2D eigenvalue weighted by atomic mass is 10.0. The lowest BCUT2D eigenvalue weighted by Gasteiger charge is -2.24. The van der Waals surface area contributed by atoms with Crippen molar-refractivity contribution in [1.29, 1.82) is 0 Å². The Morgan fingerprint density at radius 1 is 1.47 bits per heavy atom.